The number of halogens is 3. The maximum Gasteiger partial charge on any atom is 0.337 e. The van der Waals surface area contributed by atoms with Gasteiger partial charge in [-0.2, -0.15) is 0 Å². The van der Waals surface area contributed by atoms with Gasteiger partial charge in [0.1, 0.15) is 11.2 Å². The van der Waals surface area contributed by atoms with Gasteiger partial charge in [0.2, 0.25) is 0 Å². The average molecular weight is 598 g/mol. The molecular weight excluding hydrogens is 580 g/mol. The van der Waals surface area contributed by atoms with Crippen LogP contribution >= 0.6 is 15.9 Å². The van der Waals surface area contributed by atoms with E-state index in [-0.39, 0.29) is 45.6 Å². The molecule has 0 aliphatic heterocycles. The topological polar surface area (TPSA) is 114 Å². The molecule has 10 nitrogen and oxygen atoms in total. The van der Waals surface area contributed by atoms with Gasteiger partial charge in [0, 0.05) is 23.0 Å². The van der Waals surface area contributed by atoms with Crippen LogP contribution in [0, 0.1) is 21.7 Å². The van der Waals surface area contributed by atoms with Crippen LogP contribution in [0.25, 0.3) is 22.4 Å². The van der Waals surface area contributed by atoms with Gasteiger partial charge in [0.05, 0.1) is 35.6 Å². The first-order valence-electron chi connectivity index (χ1n) is 11.4. The van der Waals surface area contributed by atoms with Crippen LogP contribution in [0.1, 0.15) is 11.3 Å². The van der Waals surface area contributed by atoms with E-state index >= 15 is 4.39 Å². The lowest BCUT2D eigenvalue weighted by Gasteiger charge is -2.13. The molecule has 13 heteroatoms. The third-order valence-electron chi connectivity index (χ3n) is 6.18. The number of ether oxygens (including phenoxy) is 1. The van der Waals surface area contributed by atoms with Crippen molar-refractivity contribution in [2.75, 3.05) is 7.11 Å². The van der Waals surface area contributed by atoms with Crippen LogP contribution in [0.5, 0.6) is 5.75 Å². The van der Waals surface area contributed by atoms with Crippen molar-refractivity contribution in [1.29, 1.82) is 0 Å². The molecular formula is C26H18BrF2N5O5. The summed E-state index contributed by atoms with van der Waals surface area (Å²) in [5.74, 6) is -1.70. The molecule has 5 aromatic rings. The summed E-state index contributed by atoms with van der Waals surface area (Å²) in [6.07, 6.45) is 0. The fraction of sp³-hybridized carbons (Fsp3) is 0.115. The molecule has 39 heavy (non-hydrogen) atoms. The van der Waals surface area contributed by atoms with Crippen LogP contribution in [0.15, 0.2) is 76.3 Å². The first-order valence-corrected chi connectivity index (χ1v) is 12.5. The van der Waals surface area contributed by atoms with Crippen molar-refractivity contribution in [2.45, 2.75) is 11.9 Å². The number of nitro groups is 1. The molecule has 2 heterocycles. The normalized spacial score (nSPS) is 11.2. The Morgan fingerprint density at radius 1 is 1.03 bits per heavy atom. The van der Waals surface area contributed by atoms with Gasteiger partial charge in [-0.05, 0) is 30.3 Å². The number of non-ortho nitro benzene ring substituents is 1. The highest BCUT2D eigenvalue weighted by Gasteiger charge is 2.25. The Morgan fingerprint density at radius 3 is 2.38 bits per heavy atom. The first-order chi connectivity index (χ1) is 18.8. The smallest absolute Gasteiger partial charge is 0.337 e. The van der Waals surface area contributed by atoms with Gasteiger partial charge in [-0.1, -0.05) is 40.2 Å². The Morgan fingerprint density at radius 2 is 1.74 bits per heavy atom. The second kappa shape index (κ2) is 10.3. The molecule has 0 saturated heterocycles. The van der Waals surface area contributed by atoms with Gasteiger partial charge in [-0.25, -0.2) is 22.8 Å². The summed E-state index contributed by atoms with van der Waals surface area (Å²) < 4.78 is 38.1. The Bertz CT molecular complexity index is 1860. The number of rotatable bonds is 7. The van der Waals surface area contributed by atoms with E-state index < -0.39 is 27.8 Å². The Labute approximate surface area is 226 Å². The van der Waals surface area contributed by atoms with Crippen LogP contribution in [0.3, 0.4) is 0 Å². The molecule has 0 aliphatic rings. The average Bonchev–Trinajstić information content (AvgIpc) is 3.33. The van der Waals surface area contributed by atoms with Crippen LogP contribution in [-0.4, -0.2) is 30.9 Å². The largest absolute Gasteiger partial charge is 0.494 e. The first kappa shape index (κ1) is 26.0. The zero-order valence-electron chi connectivity index (χ0n) is 20.2. The van der Waals surface area contributed by atoms with Crippen LogP contribution in [0.2, 0.25) is 0 Å². The van der Waals surface area contributed by atoms with Crippen molar-refractivity contribution >= 4 is 32.7 Å². The van der Waals surface area contributed by atoms with Crippen molar-refractivity contribution < 1.29 is 18.4 Å². The SMILES string of the molecule is COc1cccc(-n2c(=O)c3c(CBr)n(-c4ccc([N+](=O)[O-])cc4)nc3n(Cc3ccccc3F)c2=O)c1F. The maximum absolute atomic E-state index is 15.3. The van der Waals surface area contributed by atoms with Crippen molar-refractivity contribution in [1.82, 2.24) is 18.9 Å². The summed E-state index contributed by atoms with van der Waals surface area (Å²) in [5, 5.41) is 15.7. The maximum atomic E-state index is 15.3. The van der Waals surface area contributed by atoms with E-state index in [4.69, 9.17) is 4.74 Å². The molecule has 5 rings (SSSR count). The molecule has 3 aromatic carbocycles. The molecule has 0 unspecified atom stereocenters. The van der Waals surface area contributed by atoms with Crippen LogP contribution in [0.4, 0.5) is 14.5 Å². The lowest BCUT2D eigenvalue weighted by atomic mass is 10.2. The number of methoxy groups -OCH3 is 1. The highest BCUT2D eigenvalue weighted by Crippen LogP contribution is 2.26. The fourth-order valence-electron chi connectivity index (χ4n) is 4.29. The molecule has 0 spiro atoms. The third kappa shape index (κ3) is 4.40. The summed E-state index contributed by atoms with van der Waals surface area (Å²) in [5.41, 5.74) is -1.56. The lowest BCUT2D eigenvalue weighted by molar-refractivity contribution is -0.384. The number of benzene rings is 3. The molecule has 0 atom stereocenters. The summed E-state index contributed by atoms with van der Waals surface area (Å²) in [4.78, 5) is 38.2. The minimum absolute atomic E-state index is 0.0246. The van der Waals surface area contributed by atoms with E-state index in [1.54, 1.807) is 6.07 Å². The van der Waals surface area contributed by atoms with E-state index in [0.29, 0.717) is 15.9 Å². The molecule has 0 radical (unpaired) electrons. The summed E-state index contributed by atoms with van der Waals surface area (Å²) in [6.45, 7) is -0.313. The van der Waals surface area contributed by atoms with Crippen molar-refractivity contribution in [3.8, 4) is 17.1 Å². The summed E-state index contributed by atoms with van der Waals surface area (Å²) in [6, 6.07) is 15.3. The lowest BCUT2D eigenvalue weighted by Crippen LogP contribution is -2.39. The minimum Gasteiger partial charge on any atom is -0.494 e. The molecule has 0 amide bonds. The Kier molecular flexibility index (Phi) is 6.83. The number of hydrogen-bond donors (Lipinski definition) is 0. The minimum atomic E-state index is -0.947. The Hall–Kier alpha value is -4.65. The number of nitrogens with zero attached hydrogens (tertiary/aromatic N) is 5. The van der Waals surface area contributed by atoms with Gasteiger partial charge < -0.3 is 4.74 Å². The highest BCUT2D eigenvalue weighted by atomic mass is 79.9. The monoisotopic (exact) mass is 597 g/mol. The van der Waals surface area contributed by atoms with E-state index in [1.165, 1.54) is 72.5 Å². The van der Waals surface area contributed by atoms with E-state index in [2.05, 4.69) is 21.0 Å². The quantitative estimate of drug-likeness (QED) is 0.155. The van der Waals surface area contributed by atoms with Gasteiger partial charge in [0.25, 0.3) is 11.2 Å². The molecule has 0 fully saturated rings. The van der Waals surface area contributed by atoms with Crippen LogP contribution < -0.4 is 16.0 Å². The predicted octanol–water partition coefficient (Wildman–Crippen LogP) is 4.48. The standard InChI is InChI=1S/C26H18BrF2N5O5/c1-39-21-8-4-7-19(23(21)29)32-25(35)22-20(13-27)33(16-9-11-17(12-10-16)34(37)38)30-24(22)31(26(32)36)14-15-5-2-3-6-18(15)28/h2-12H,13-14H2,1H3. The highest BCUT2D eigenvalue weighted by molar-refractivity contribution is 9.08. The van der Waals surface area contributed by atoms with Gasteiger partial charge in [-0.15, -0.1) is 5.10 Å². The summed E-state index contributed by atoms with van der Waals surface area (Å²) >= 11 is 3.36. The van der Waals surface area contributed by atoms with Gasteiger partial charge in [-0.3, -0.25) is 19.5 Å². The van der Waals surface area contributed by atoms with Crippen molar-refractivity contribution in [3.63, 3.8) is 0 Å². The molecule has 0 bridgehead atoms. The Balaban J connectivity index is 1.88. The van der Waals surface area contributed by atoms with Crippen LogP contribution in [-0.2, 0) is 11.9 Å². The zero-order valence-corrected chi connectivity index (χ0v) is 21.8. The fourth-order valence-corrected chi connectivity index (χ4v) is 4.81. The molecule has 2 aromatic heterocycles. The molecule has 198 valence electrons. The molecule has 0 N–H and O–H groups in total. The van der Waals surface area contributed by atoms with Gasteiger partial charge >= 0.3 is 5.69 Å². The number of hydrogen-bond acceptors (Lipinski definition) is 6. The van der Waals surface area contributed by atoms with Crippen molar-refractivity contribution in [2.24, 2.45) is 0 Å². The number of nitro benzene ring substituents is 1. The predicted molar refractivity (Wildman–Crippen MR) is 142 cm³/mol. The van der Waals surface area contributed by atoms with Gasteiger partial charge in [0.15, 0.2) is 17.2 Å². The van der Waals surface area contributed by atoms with E-state index in [9.17, 15) is 24.1 Å². The zero-order chi connectivity index (χ0) is 27.8. The van der Waals surface area contributed by atoms with E-state index in [0.717, 1.165) is 4.57 Å². The van der Waals surface area contributed by atoms with E-state index in [1.807, 2.05) is 0 Å². The van der Waals surface area contributed by atoms with Crippen molar-refractivity contribution in [3.05, 3.63) is 121 Å². The molecule has 0 aliphatic carbocycles. The number of fused-ring (bicyclic) bond motifs is 1. The number of alkyl halides is 1. The third-order valence-corrected chi connectivity index (χ3v) is 6.71. The second-order valence-electron chi connectivity index (χ2n) is 8.36. The molecule has 0 saturated carbocycles. The summed E-state index contributed by atoms with van der Waals surface area (Å²) in [7, 11) is 1.25. The second-order valence-corrected chi connectivity index (χ2v) is 8.92. The number of aromatic nitrogens is 4.